The van der Waals surface area contributed by atoms with Crippen LogP contribution in [-0.2, 0) is 6.61 Å². The average Bonchev–Trinajstić information content (AvgIpc) is 2.77. The SMILES string of the molecule is CC(C)C1CCCN1c1ccc(CO)cc1Br. The summed E-state index contributed by atoms with van der Waals surface area (Å²) in [7, 11) is 0. The van der Waals surface area contributed by atoms with Gasteiger partial charge in [0.2, 0.25) is 0 Å². The van der Waals surface area contributed by atoms with Gasteiger partial charge in [-0.1, -0.05) is 19.9 Å². The average molecular weight is 298 g/mol. The lowest BCUT2D eigenvalue weighted by Crippen LogP contribution is -2.33. The molecule has 1 aliphatic heterocycles. The lowest BCUT2D eigenvalue weighted by Gasteiger charge is -2.30. The van der Waals surface area contributed by atoms with Crippen molar-refractivity contribution in [1.82, 2.24) is 0 Å². The van der Waals surface area contributed by atoms with Gasteiger partial charge < -0.3 is 10.0 Å². The molecular weight excluding hydrogens is 278 g/mol. The summed E-state index contributed by atoms with van der Waals surface area (Å²) >= 11 is 3.62. The second kappa shape index (κ2) is 5.40. The second-order valence-corrected chi connectivity index (χ2v) is 5.95. The summed E-state index contributed by atoms with van der Waals surface area (Å²) < 4.78 is 1.09. The molecule has 1 atom stereocenters. The summed E-state index contributed by atoms with van der Waals surface area (Å²) in [6.45, 7) is 5.82. The summed E-state index contributed by atoms with van der Waals surface area (Å²) in [5.74, 6) is 0.682. The van der Waals surface area contributed by atoms with Crippen molar-refractivity contribution < 1.29 is 5.11 Å². The van der Waals surface area contributed by atoms with E-state index in [0.29, 0.717) is 12.0 Å². The summed E-state index contributed by atoms with van der Waals surface area (Å²) in [5, 5.41) is 9.12. The van der Waals surface area contributed by atoms with Gasteiger partial charge in [0.15, 0.2) is 0 Å². The molecule has 1 heterocycles. The van der Waals surface area contributed by atoms with E-state index in [1.165, 1.54) is 18.5 Å². The van der Waals surface area contributed by atoms with E-state index in [1.807, 2.05) is 12.1 Å². The third kappa shape index (κ3) is 2.66. The van der Waals surface area contributed by atoms with Crippen LogP contribution in [0.15, 0.2) is 22.7 Å². The van der Waals surface area contributed by atoms with E-state index in [2.05, 4.69) is 40.7 Å². The first-order valence-corrected chi connectivity index (χ1v) is 7.08. The standard InChI is InChI=1S/C14H20BrNO/c1-10(2)13-4-3-7-16(13)14-6-5-11(9-17)8-12(14)15/h5-6,8,10,13,17H,3-4,7,9H2,1-2H3. The first-order valence-electron chi connectivity index (χ1n) is 6.29. The number of nitrogens with zero attached hydrogens (tertiary/aromatic N) is 1. The number of aliphatic hydroxyl groups excluding tert-OH is 1. The maximum Gasteiger partial charge on any atom is 0.0682 e. The van der Waals surface area contributed by atoms with E-state index in [4.69, 9.17) is 5.11 Å². The molecule has 3 heteroatoms. The van der Waals surface area contributed by atoms with Gasteiger partial charge in [-0.2, -0.15) is 0 Å². The molecule has 0 spiro atoms. The lowest BCUT2D eigenvalue weighted by atomic mass is 10.0. The Balaban J connectivity index is 2.27. The Kier molecular flexibility index (Phi) is 4.10. The highest BCUT2D eigenvalue weighted by atomic mass is 79.9. The third-order valence-corrected chi connectivity index (χ3v) is 4.21. The van der Waals surface area contributed by atoms with Gasteiger partial charge in [0, 0.05) is 17.1 Å². The predicted molar refractivity (Wildman–Crippen MR) is 75.3 cm³/mol. The van der Waals surface area contributed by atoms with E-state index in [9.17, 15) is 0 Å². The lowest BCUT2D eigenvalue weighted by molar-refractivity contribution is 0.282. The Morgan fingerprint density at radius 1 is 1.47 bits per heavy atom. The molecule has 0 aliphatic carbocycles. The number of anilines is 1. The Hall–Kier alpha value is -0.540. The van der Waals surface area contributed by atoms with Gasteiger partial charge >= 0.3 is 0 Å². The molecule has 1 saturated heterocycles. The molecule has 0 radical (unpaired) electrons. The molecule has 1 aromatic rings. The highest BCUT2D eigenvalue weighted by Crippen LogP contribution is 2.35. The number of hydrogen-bond donors (Lipinski definition) is 1. The van der Waals surface area contributed by atoms with Crippen LogP contribution in [0.5, 0.6) is 0 Å². The molecule has 1 fully saturated rings. The van der Waals surface area contributed by atoms with Gasteiger partial charge in [-0.15, -0.1) is 0 Å². The summed E-state index contributed by atoms with van der Waals surface area (Å²) in [4.78, 5) is 2.50. The quantitative estimate of drug-likeness (QED) is 0.922. The zero-order valence-electron chi connectivity index (χ0n) is 10.5. The van der Waals surface area contributed by atoms with Crippen molar-refractivity contribution in [2.75, 3.05) is 11.4 Å². The van der Waals surface area contributed by atoms with Gasteiger partial charge in [-0.25, -0.2) is 0 Å². The van der Waals surface area contributed by atoms with Crippen molar-refractivity contribution in [1.29, 1.82) is 0 Å². The van der Waals surface area contributed by atoms with Crippen molar-refractivity contribution in [2.45, 2.75) is 39.3 Å². The van der Waals surface area contributed by atoms with Gasteiger partial charge in [-0.3, -0.25) is 0 Å². The fourth-order valence-electron chi connectivity index (χ4n) is 2.67. The summed E-state index contributed by atoms with van der Waals surface area (Å²) in [5.41, 5.74) is 2.22. The normalized spacial score (nSPS) is 20.3. The molecule has 0 bridgehead atoms. The number of halogens is 1. The van der Waals surface area contributed by atoms with E-state index < -0.39 is 0 Å². The van der Waals surface area contributed by atoms with Crippen LogP contribution in [0.2, 0.25) is 0 Å². The van der Waals surface area contributed by atoms with Crippen LogP contribution in [-0.4, -0.2) is 17.7 Å². The maximum atomic E-state index is 9.12. The monoisotopic (exact) mass is 297 g/mol. The molecule has 1 aliphatic rings. The molecule has 2 nitrogen and oxygen atoms in total. The van der Waals surface area contributed by atoms with Crippen LogP contribution >= 0.6 is 15.9 Å². The van der Waals surface area contributed by atoms with E-state index in [0.717, 1.165) is 16.6 Å². The minimum Gasteiger partial charge on any atom is -0.392 e. The van der Waals surface area contributed by atoms with Crippen LogP contribution in [0.25, 0.3) is 0 Å². The largest absolute Gasteiger partial charge is 0.392 e. The number of hydrogen-bond acceptors (Lipinski definition) is 2. The molecule has 2 rings (SSSR count). The number of aliphatic hydroxyl groups is 1. The van der Waals surface area contributed by atoms with Gasteiger partial charge in [0.05, 0.1) is 12.3 Å². The maximum absolute atomic E-state index is 9.12. The molecule has 1 N–H and O–H groups in total. The Bertz CT molecular complexity index is 392. The fraction of sp³-hybridized carbons (Fsp3) is 0.571. The highest BCUT2D eigenvalue weighted by Gasteiger charge is 2.28. The van der Waals surface area contributed by atoms with Gasteiger partial charge in [0.1, 0.15) is 0 Å². The van der Waals surface area contributed by atoms with Crippen LogP contribution in [0, 0.1) is 5.92 Å². The van der Waals surface area contributed by atoms with Crippen LogP contribution < -0.4 is 4.90 Å². The highest BCUT2D eigenvalue weighted by molar-refractivity contribution is 9.10. The zero-order valence-corrected chi connectivity index (χ0v) is 12.1. The fourth-order valence-corrected chi connectivity index (χ4v) is 3.32. The first-order chi connectivity index (χ1) is 8.13. The van der Waals surface area contributed by atoms with Crippen molar-refractivity contribution in [3.8, 4) is 0 Å². The molecule has 1 unspecified atom stereocenters. The van der Waals surface area contributed by atoms with Crippen LogP contribution in [0.1, 0.15) is 32.3 Å². The predicted octanol–water partition coefficient (Wildman–Crippen LogP) is 3.57. The second-order valence-electron chi connectivity index (χ2n) is 5.09. The zero-order chi connectivity index (χ0) is 12.4. The molecule has 17 heavy (non-hydrogen) atoms. The van der Waals surface area contributed by atoms with Crippen LogP contribution in [0.3, 0.4) is 0 Å². The number of rotatable bonds is 3. The molecular formula is C14H20BrNO. The molecule has 94 valence electrons. The Morgan fingerprint density at radius 2 is 2.24 bits per heavy atom. The first kappa shape index (κ1) is 12.9. The smallest absolute Gasteiger partial charge is 0.0682 e. The minimum atomic E-state index is 0.104. The van der Waals surface area contributed by atoms with Crippen molar-refractivity contribution in [3.63, 3.8) is 0 Å². The molecule has 0 saturated carbocycles. The van der Waals surface area contributed by atoms with Gasteiger partial charge in [0.25, 0.3) is 0 Å². The Morgan fingerprint density at radius 3 is 2.82 bits per heavy atom. The topological polar surface area (TPSA) is 23.5 Å². The van der Waals surface area contributed by atoms with Crippen LogP contribution in [0.4, 0.5) is 5.69 Å². The van der Waals surface area contributed by atoms with E-state index >= 15 is 0 Å². The van der Waals surface area contributed by atoms with E-state index in [1.54, 1.807) is 0 Å². The van der Waals surface area contributed by atoms with E-state index in [-0.39, 0.29) is 6.61 Å². The van der Waals surface area contributed by atoms with Crippen molar-refractivity contribution in [3.05, 3.63) is 28.2 Å². The third-order valence-electron chi connectivity index (χ3n) is 3.57. The summed E-state index contributed by atoms with van der Waals surface area (Å²) in [6.07, 6.45) is 2.56. The molecule has 0 aromatic heterocycles. The van der Waals surface area contributed by atoms with Crippen molar-refractivity contribution >= 4 is 21.6 Å². The Labute approximate surface area is 112 Å². The number of benzene rings is 1. The summed E-state index contributed by atoms with van der Waals surface area (Å²) in [6, 6.07) is 6.79. The molecule has 0 amide bonds. The molecule has 1 aromatic carbocycles. The van der Waals surface area contributed by atoms with Gasteiger partial charge in [-0.05, 0) is 52.4 Å². The minimum absolute atomic E-state index is 0.104. The van der Waals surface area contributed by atoms with Crippen molar-refractivity contribution in [2.24, 2.45) is 5.92 Å².